The highest BCUT2D eigenvalue weighted by atomic mass is 32.2. The zero-order valence-corrected chi connectivity index (χ0v) is 12.1. The van der Waals surface area contributed by atoms with Crippen molar-refractivity contribution in [2.24, 2.45) is 0 Å². The number of aromatic amines is 1. The molecule has 0 amide bonds. The van der Waals surface area contributed by atoms with Gasteiger partial charge in [0.2, 0.25) is 0 Å². The predicted molar refractivity (Wildman–Crippen MR) is 81.1 cm³/mol. The lowest BCUT2D eigenvalue weighted by Crippen LogP contribution is -2.15. The molecule has 2 aromatic rings. The summed E-state index contributed by atoms with van der Waals surface area (Å²) < 4.78 is 5.62. The minimum Gasteiger partial charge on any atom is -0.494 e. The standard InChI is InChI=1S/C15H16N2O2S/c1-2-6-19-11-5-3-4-10(7-11)14-16-13-9-20-8-12(13)15(18)17-14/h3-5,7H,2,6,8-9H2,1H3,(H,16,17,18). The van der Waals surface area contributed by atoms with Crippen LogP contribution in [0.25, 0.3) is 11.4 Å². The third-order valence-electron chi connectivity index (χ3n) is 3.17. The normalized spacial score (nSPS) is 13.2. The molecule has 0 aliphatic carbocycles. The number of benzene rings is 1. The number of H-pyrrole nitrogens is 1. The fraction of sp³-hybridized carbons (Fsp3) is 0.333. The van der Waals surface area contributed by atoms with Crippen LogP contribution in [0, 0.1) is 0 Å². The van der Waals surface area contributed by atoms with Crippen molar-refractivity contribution in [2.75, 3.05) is 6.61 Å². The molecule has 20 heavy (non-hydrogen) atoms. The number of aromatic nitrogens is 2. The second kappa shape index (κ2) is 5.71. The van der Waals surface area contributed by atoms with E-state index in [2.05, 4.69) is 16.9 Å². The third kappa shape index (κ3) is 2.58. The molecule has 5 heteroatoms. The molecule has 0 unspecified atom stereocenters. The van der Waals surface area contributed by atoms with Crippen molar-refractivity contribution in [1.82, 2.24) is 9.97 Å². The Morgan fingerprint density at radius 2 is 2.30 bits per heavy atom. The number of rotatable bonds is 4. The SMILES string of the molecule is CCCOc1cccc(-c2nc3c(c(=O)[nH]2)CSC3)c1. The second-order valence-corrected chi connectivity index (χ2v) is 5.69. The molecule has 0 bridgehead atoms. The molecule has 0 fully saturated rings. The van der Waals surface area contributed by atoms with E-state index < -0.39 is 0 Å². The quantitative estimate of drug-likeness (QED) is 0.939. The van der Waals surface area contributed by atoms with Gasteiger partial charge in [-0.05, 0) is 18.6 Å². The Balaban J connectivity index is 1.97. The molecular weight excluding hydrogens is 272 g/mol. The molecule has 2 heterocycles. The maximum Gasteiger partial charge on any atom is 0.255 e. The van der Waals surface area contributed by atoms with Crippen LogP contribution in [0.2, 0.25) is 0 Å². The van der Waals surface area contributed by atoms with E-state index in [-0.39, 0.29) is 5.56 Å². The molecular formula is C15H16N2O2S. The smallest absolute Gasteiger partial charge is 0.255 e. The molecule has 4 nitrogen and oxygen atoms in total. The van der Waals surface area contributed by atoms with Crippen LogP contribution in [0.1, 0.15) is 24.6 Å². The molecule has 3 rings (SSSR count). The van der Waals surface area contributed by atoms with Gasteiger partial charge in [0.25, 0.3) is 5.56 Å². The summed E-state index contributed by atoms with van der Waals surface area (Å²) in [5.41, 5.74) is 2.59. The summed E-state index contributed by atoms with van der Waals surface area (Å²) in [4.78, 5) is 19.5. The Bertz CT molecular complexity index is 682. The average Bonchev–Trinajstić information content (AvgIpc) is 2.94. The van der Waals surface area contributed by atoms with Gasteiger partial charge in [0, 0.05) is 22.6 Å². The van der Waals surface area contributed by atoms with Crippen LogP contribution in [-0.4, -0.2) is 16.6 Å². The summed E-state index contributed by atoms with van der Waals surface area (Å²) >= 11 is 1.73. The lowest BCUT2D eigenvalue weighted by atomic mass is 10.2. The molecule has 1 aliphatic rings. The second-order valence-electron chi connectivity index (χ2n) is 4.71. The van der Waals surface area contributed by atoms with E-state index in [0.717, 1.165) is 40.5 Å². The topological polar surface area (TPSA) is 55.0 Å². The average molecular weight is 288 g/mol. The lowest BCUT2D eigenvalue weighted by Gasteiger charge is -2.07. The summed E-state index contributed by atoms with van der Waals surface area (Å²) in [6.45, 7) is 2.76. The highest BCUT2D eigenvalue weighted by Crippen LogP contribution is 2.27. The van der Waals surface area contributed by atoms with Crippen molar-refractivity contribution in [3.63, 3.8) is 0 Å². The summed E-state index contributed by atoms with van der Waals surface area (Å²) in [6, 6.07) is 7.69. The molecule has 0 saturated heterocycles. The van der Waals surface area contributed by atoms with Gasteiger partial charge in [-0.25, -0.2) is 4.98 Å². The molecule has 0 atom stereocenters. The van der Waals surface area contributed by atoms with Gasteiger partial charge in [0.1, 0.15) is 11.6 Å². The fourth-order valence-electron chi connectivity index (χ4n) is 2.15. The van der Waals surface area contributed by atoms with Gasteiger partial charge < -0.3 is 9.72 Å². The number of fused-ring (bicyclic) bond motifs is 1. The van der Waals surface area contributed by atoms with Gasteiger partial charge in [-0.1, -0.05) is 19.1 Å². The number of thioether (sulfide) groups is 1. The maximum atomic E-state index is 12.0. The maximum absolute atomic E-state index is 12.0. The molecule has 0 saturated carbocycles. The van der Waals surface area contributed by atoms with Crippen LogP contribution in [0.4, 0.5) is 0 Å². The highest BCUT2D eigenvalue weighted by Gasteiger charge is 2.18. The van der Waals surface area contributed by atoms with Crippen molar-refractivity contribution in [1.29, 1.82) is 0 Å². The molecule has 0 radical (unpaired) electrons. The van der Waals surface area contributed by atoms with Gasteiger partial charge in [-0.15, -0.1) is 0 Å². The van der Waals surface area contributed by atoms with Crippen molar-refractivity contribution < 1.29 is 4.74 Å². The number of hydrogen-bond acceptors (Lipinski definition) is 4. The van der Waals surface area contributed by atoms with Crippen LogP contribution >= 0.6 is 11.8 Å². The Morgan fingerprint density at radius 1 is 1.40 bits per heavy atom. The molecule has 1 aromatic carbocycles. The number of nitrogens with zero attached hydrogens (tertiary/aromatic N) is 1. The summed E-state index contributed by atoms with van der Waals surface area (Å²) in [7, 11) is 0. The van der Waals surface area contributed by atoms with E-state index in [4.69, 9.17) is 4.74 Å². The Hall–Kier alpha value is -1.75. The highest BCUT2D eigenvalue weighted by molar-refractivity contribution is 7.98. The van der Waals surface area contributed by atoms with Crippen LogP contribution in [0.3, 0.4) is 0 Å². The lowest BCUT2D eigenvalue weighted by molar-refractivity contribution is 0.317. The number of ether oxygens (including phenoxy) is 1. The van der Waals surface area contributed by atoms with Crippen LogP contribution in [0.15, 0.2) is 29.1 Å². The Labute approximate surface area is 121 Å². The van der Waals surface area contributed by atoms with Crippen LogP contribution in [0.5, 0.6) is 5.75 Å². The van der Waals surface area contributed by atoms with Gasteiger partial charge >= 0.3 is 0 Å². The summed E-state index contributed by atoms with van der Waals surface area (Å²) in [5.74, 6) is 3.01. The van der Waals surface area contributed by atoms with E-state index in [9.17, 15) is 4.79 Å². The van der Waals surface area contributed by atoms with Crippen molar-refractivity contribution in [2.45, 2.75) is 24.9 Å². The summed E-state index contributed by atoms with van der Waals surface area (Å²) in [6.07, 6.45) is 0.968. The van der Waals surface area contributed by atoms with E-state index in [1.54, 1.807) is 11.8 Å². The van der Waals surface area contributed by atoms with Crippen molar-refractivity contribution in [3.05, 3.63) is 45.9 Å². The molecule has 1 aliphatic heterocycles. The first-order valence-corrected chi connectivity index (χ1v) is 7.86. The predicted octanol–water partition coefficient (Wildman–Crippen LogP) is 2.97. The molecule has 104 valence electrons. The first kappa shape index (κ1) is 13.2. The van der Waals surface area contributed by atoms with E-state index in [0.29, 0.717) is 12.4 Å². The minimum absolute atomic E-state index is 0.0186. The number of hydrogen-bond donors (Lipinski definition) is 1. The van der Waals surface area contributed by atoms with Crippen LogP contribution < -0.4 is 10.3 Å². The van der Waals surface area contributed by atoms with Gasteiger partial charge in [0.15, 0.2) is 0 Å². The zero-order chi connectivity index (χ0) is 13.9. The van der Waals surface area contributed by atoms with Crippen molar-refractivity contribution >= 4 is 11.8 Å². The van der Waals surface area contributed by atoms with E-state index in [1.165, 1.54) is 0 Å². The largest absolute Gasteiger partial charge is 0.494 e. The van der Waals surface area contributed by atoms with E-state index in [1.807, 2.05) is 24.3 Å². The molecule has 0 spiro atoms. The van der Waals surface area contributed by atoms with Crippen LogP contribution in [-0.2, 0) is 11.5 Å². The summed E-state index contributed by atoms with van der Waals surface area (Å²) in [5, 5.41) is 0. The third-order valence-corrected chi connectivity index (χ3v) is 4.14. The zero-order valence-electron chi connectivity index (χ0n) is 11.3. The first-order valence-electron chi connectivity index (χ1n) is 6.71. The van der Waals surface area contributed by atoms with Gasteiger partial charge in [0.05, 0.1) is 12.3 Å². The fourth-order valence-corrected chi connectivity index (χ4v) is 3.19. The first-order chi connectivity index (χ1) is 9.78. The van der Waals surface area contributed by atoms with Crippen molar-refractivity contribution in [3.8, 4) is 17.1 Å². The van der Waals surface area contributed by atoms with Gasteiger partial charge in [-0.2, -0.15) is 11.8 Å². The molecule has 1 N–H and O–H groups in total. The Morgan fingerprint density at radius 3 is 3.15 bits per heavy atom. The monoisotopic (exact) mass is 288 g/mol. The van der Waals surface area contributed by atoms with Gasteiger partial charge in [-0.3, -0.25) is 4.79 Å². The van der Waals surface area contributed by atoms with E-state index >= 15 is 0 Å². The Kier molecular flexibility index (Phi) is 3.78. The molecule has 1 aromatic heterocycles. The number of nitrogens with one attached hydrogen (secondary N) is 1. The minimum atomic E-state index is -0.0186.